The number of aliphatic hydroxyl groups is 1. The summed E-state index contributed by atoms with van der Waals surface area (Å²) in [5, 5.41) is 10.3. The van der Waals surface area contributed by atoms with E-state index in [1.807, 2.05) is 6.92 Å². The topological polar surface area (TPSA) is 104 Å². The average molecular weight is 380 g/mol. The van der Waals surface area contributed by atoms with Gasteiger partial charge in [-0.05, 0) is 36.1 Å². The lowest BCUT2D eigenvalue weighted by molar-refractivity contribution is -0.131. The van der Waals surface area contributed by atoms with Crippen molar-refractivity contribution in [1.82, 2.24) is 10.9 Å². The van der Waals surface area contributed by atoms with Crippen molar-refractivity contribution < 1.29 is 14.7 Å². The van der Waals surface area contributed by atoms with Crippen LogP contribution in [0.25, 0.3) is 0 Å². The van der Waals surface area contributed by atoms with E-state index in [9.17, 15) is 14.7 Å². The monoisotopic (exact) mass is 379 g/mol. The molecule has 9 heteroatoms. The zero-order valence-corrected chi connectivity index (χ0v) is 14.8. The number of carbonyl (C=O) groups excluding carboxylic acids is 2. The highest BCUT2D eigenvalue weighted by Crippen LogP contribution is 2.20. The quantitative estimate of drug-likeness (QED) is 0.425. The van der Waals surface area contributed by atoms with Gasteiger partial charge in [-0.1, -0.05) is 30.1 Å². The molecule has 2 atom stereocenters. The van der Waals surface area contributed by atoms with Gasteiger partial charge < -0.3 is 10.8 Å². The van der Waals surface area contributed by atoms with Crippen LogP contribution in [-0.2, 0) is 4.79 Å². The van der Waals surface area contributed by atoms with Crippen LogP contribution >= 0.6 is 35.0 Å². The summed E-state index contributed by atoms with van der Waals surface area (Å²) in [5.74, 6) is 0.247. The minimum Gasteiger partial charge on any atom is -0.382 e. The molecule has 0 aliphatic rings. The summed E-state index contributed by atoms with van der Waals surface area (Å²) in [4.78, 5) is 23.7. The first kappa shape index (κ1) is 20.1. The molecule has 23 heavy (non-hydrogen) atoms. The predicted octanol–water partition coefficient (Wildman–Crippen LogP) is 1.59. The molecule has 0 fully saturated rings. The van der Waals surface area contributed by atoms with Crippen molar-refractivity contribution in [3.05, 3.63) is 33.8 Å². The summed E-state index contributed by atoms with van der Waals surface area (Å²) in [5.41, 5.74) is 10.1. The lowest BCUT2D eigenvalue weighted by Crippen LogP contribution is -2.52. The molecule has 0 spiro atoms. The summed E-state index contributed by atoms with van der Waals surface area (Å²) >= 11 is 13.3. The van der Waals surface area contributed by atoms with Crippen molar-refractivity contribution in [2.75, 3.05) is 11.5 Å². The van der Waals surface area contributed by atoms with Crippen LogP contribution in [0.3, 0.4) is 0 Å². The maximum absolute atomic E-state index is 11.9. The van der Waals surface area contributed by atoms with Gasteiger partial charge in [0.05, 0.1) is 10.6 Å². The van der Waals surface area contributed by atoms with Crippen molar-refractivity contribution in [3.8, 4) is 0 Å². The first-order valence-electron chi connectivity index (χ1n) is 6.93. The number of nitrogens with two attached hydrogens (primary N) is 1. The highest BCUT2D eigenvalue weighted by atomic mass is 35.5. The molecule has 1 aromatic carbocycles. The Kier molecular flexibility index (Phi) is 8.72. The van der Waals surface area contributed by atoms with Crippen LogP contribution < -0.4 is 16.6 Å². The Balaban J connectivity index is 2.51. The van der Waals surface area contributed by atoms with Crippen LogP contribution in [0.4, 0.5) is 0 Å². The van der Waals surface area contributed by atoms with Crippen molar-refractivity contribution in [2.24, 2.45) is 5.73 Å². The molecule has 1 rings (SSSR count). The highest BCUT2D eigenvalue weighted by Gasteiger charge is 2.23. The van der Waals surface area contributed by atoms with Crippen molar-refractivity contribution in [3.63, 3.8) is 0 Å². The lowest BCUT2D eigenvalue weighted by Gasteiger charge is -2.18. The second kappa shape index (κ2) is 10.00. The Morgan fingerprint density at radius 1 is 1.35 bits per heavy atom. The minimum atomic E-state index is -1.41. The van der Waals surface area contributed by atoms with E-state index in [0.29, 0.717) is 11.4 Å². The van der Waals surface area contributed by atoms with Crippen LogP contribution in [0.1, 0.15) is 23.7 Å². The lowest BCUT2D eigenvalue weighted by atomic mass is 10.1. The van der Waals surface area contributed by atoms with Crippen LogP contribution in [0.15, 0.2) is 18.2 Å². The first-order chi connectivity index (χ1) is 10.9. The van der Waals surface area contributed by atoms with Gasteiger partial charge in [-0.2, -0.15) is 11.8 Å². The second-order valence-corrected chi connectivity index (χ2v) is 6.90. The van der Waals surface area contributed by atoms with Gasteiger partial charge in [0.2, 0.25) is 0 Å². The Morgan fingerprint density at radius 3 is 2.70 bits per heavy atom. The zero-order valence-electron chi connectivity index (χ0n) is 12.5. The van der Waals surface area contributed by atoms with Gasteiger partial charge in [-0.3, -0.25) is 20.4 Å². The van der Waals surface area contributed by atoms with Crippen molar-refractivity contribution in [1.29, 1.82) is 0 Å². The average Bonchev–Trinajstić information content (AvgIpc) is 2.53. The Morgan fingerprint density at radius 2 is 2.04 bits per heavy atom. The summed E-state index contributed by atoms with van der Waals surface area (Å²) < 4.78 is 0. The minimum absolute atomic E-state index is 0.109. The molecular weight excluding hydrogens is 361 g/mol. The Bertz CT molecular complexity index is 560. The molecule has 1 unspecified atom stereocenters. The largest absolute Gasteiger partial charge is 0.382 e. The third kappa shape index (κ3) is 6.56. The molecule has 5 N–H and O–H groups in total. The van der Waals surface area contributed by atoms with E-state index < -0.39 is 24.0 Å². The molecule has 0 saturated heterocycles. The van der Waals surface area contributed by atoms with E-state index in [2.05, 4.69) is 10.9 Å². The molecular formula is C14H19Cl2N3O3S. The third-order valence-electron chi connectivity index (χ3n) is 2.95. The molecule has 0 aliphatic heterocycles. The molecule has 0 radical (unpaired) electrons. The molecule has 0 aliphatic carbocycles. The third-order valence-corrected chi connectivity index (χ3v) is 4.44. The van der Waals surface area contributed by atoms with Crippen LogP contribution in [0.5, 0.6) is 0 Å². The second-order valence-electron chi connectivity index (χ2n) is 4.66. The maximum atomic E-state index is 11.9. The molecule has 2 amide bonds. The number of amides is 2. The van der Waals surface area contributed by atoms with Gasteiger partial charge in [0.15, 0.2) is 0 Å². The standard InChI is InChI=1S/C14H19Cl2N3O3S/c1-2-23-6-5-11(17)12(20)14(22)19-18-13(21)9-7-8(15)3-4-10(9)16/h3-4,7,11-12,20H,2,5-6,17H2,1H3,(H,18,21)(H,19,22)/t11-,12?/m1/s1. The van der Waals surface area contributed by atoms with E-state index in [4.69, 9.17) is 28.9 Å². The number of nitrogens with one attached hydrogen (secondary N) is 2. The highest BCUT2D eigenvalue weighted by molar-refractivity contribution is 7.99. The fraction of sp³-hybridized carbons (Fsp3) is 0.429. The van der Waals surface area contributed by atoms with E-state index in [1.165, 1.54) is 18.2 Å². The summed E-state index contributed by atoms with van der Waals surface area (Å²) in [6.07, 6.45) is -0.927. The number of benzene rings is 1. The van der Waals surface area contributed by atoms with Gasteiger partial charge in [-0.25, -0.2) is 0 Å². The van der Waals surface area contributed by atoms with E-state index in [-0.39, 0.29) is 10.6 Å². The molecule has 0 aromatic heterocycles. The number of hydrazine groups is 1. The maximum Gasteiger partial charge on any atom is 0.271 e. The van der Waals surface area contributed by atoms with Crippen molar-refractivity contribution >= 4 is 46.8 Å². The SMILES string of the molecule is CCSCC[C@@H](N)C(O)C(=O)NNC(=O)c1cc(Cl)ccc1Cl. The molecule has 6 nitrogen and oxygen atoms in total. The van der Waals surface area contributed by atoms with Crippen LogP contribution in [0, 0.1) is 0 Å². The van der Waals surface area contributed by atoms with Crippen molar-refractivity contribution in [2.45, 2.75) is 25.5 Å². The van der Waals surface area contributed by atoms with Gasteiger partial charge >= 0.3 is 0 Å². The number of carbonyl (C=O) groups is 2. The fourth-order valence-electron chi connectivity index (χ4n) is 1.65. The van der Waals surface area contributed by atoms with Gasteiger partial charge in [0.1, 0.15) is 6.10 Å². The normalized spacial score (nSPS) is 13.3. The number of hydrogen-bond acceptors (Lipinski definition) is 5. The van der Waals surface area contributed by atoms with Crippen LogP contribution in [0.2, 0.25) is 10.0 Å². The van der Waals surface area contributed by atoms with Gasteiger partial charge in [0.25, 0.3) is 11.8 Å². The zero-order chi connectivity index (χ0) is 17.4. The smallest absolute Gasteiger partial charge is 0.271 e. The molecule has 128 valence electrons. The number of rotatable bonds is 7. The molecule has 1 aromatic rings. The number of thioether (sulfide) groups is 1. The van der Waals surface area contributed by atoms with Crippen LogP contribution in [-0.4, -0.2) is 40.6 Å². The van der Waals surface area contributed by atoms with Gasteiger partial charge in [-0.15, -0.1) is 0 Å². The summed E-state index contributed by atoms with van der Waals surface area (Å²) in [6.45, 7) is 2.01. The van der Waals surface area contributed by atoms with E-state index in [0.717, 1.165) is 11.5 Å². The number of hydrogen-bond donors (Lipinski definition) is 4. The summed E-state index contributed by atoms with van der Waals surface area (Å²) in [7, 11) is 0. The number of halogens is 2. The predicted molar refractivity (Wildman–Crippen MR) is 93.7 cm³/mol. The number of aliphatic hydroxyl groups excluding tert-OH is 1. The van der Waals surface area contributed by atoms with E-state index in [1.54, 1.807) is 11.8 Å². The molecule has 0 saturated carbocycles. The van der Waals surface area contributed by atoms with Gasteiger partial charge in [0, 0.05) is 11.1 Å². The Labute approximate surface area is 149 Å². The van der Waals surface area contributed by atoms with E-state index >= 15 is 0 Å². The first-order valence-corrected chi connectivity index (χ1v) is 8.84. The Hall–Kier alpha value is -0.990. The fourth-order valence-corrected chi connectivity index (χ4v) is 2.75. The molecule has 0 bridgehead atoms. The molecule has 0 heterocycles. The summed E-state index contributed by atoms with van der Waals surface area (Å²) in [6, 6.07) is 3.67.